The van der Waals surface area contributed by atoms with E-state index in [2.05, 4.69) is 5.32 Å². The minimum atomic E-state index is -0.0787. The smallest absolute Gasteiger partial charge is 0.223 e. The van der Waals surface area contributed by atoms with Crippen molar-refractivity contribution in [2.24, 2.45) is 11.8 Å². The van der Waals surface area contributed by atoms with Crippen LogP contribution in [0.1, 0.15) is 39.0 Å². The molecule has 0 aromatic heterocycles. The normalized spacial score (nSPS) is 22.8. The number of carbonyl (C=O) groups excluding carboxylic acids is 1. The van der Waals surface area contributed by atoms with Gasteiger partial charge >= 0.3 is 0 Å². The molecule has 1 aliphatic rings. The van der Waals surface area contributed by atoms with Gasteiger partial charge in [0.05, 0.1) is 6.61 Å². The molecule has 3 unspecified atom stereocenters. The number of aliphatic hydroxyl groups excluding tert-OH is 1. The maximum absolute atomic E-state index is 12.3. The summed E-state index contributed by atoms with van der Waals surface area (Å²) >= 11 is 0. The number of ether oxygens (including phenoxy) is 1. The number of rotatable bonds is 7. The Morgan fingerprint density at radius 3 is 2.77 bits per heavy atom. The first-order valence-electron chi connectivity index (χ1n) is 8.29. The number of hydrogen-bond donors (Lipinski definition) is 2. The van der Waals surface area contributed by atoms with Crippen molar-refractivity contribution >= 4 is 5.91 Å². The second-order valence-electron chi connectivity index (χ2n) is 6.19. The first-order chi connectivity index (χ1) is 10.7. The number of amides is 1. The van der Waals surface area contributed by atoms with E-state index in [1.807, 2.05) is 37.3 Å². The molecule has 4 nitrogen and oxygen atoms in total. The molecule has 3 atom stereocenters. The van der Waals surface area contributed by atoms with E-state index in [0.29, 0.717) is 13.0 Å². The van der Waals surface area contributed by atoms with Gasteiger partial charge < -0.3 is 15.2 Å². The van der Waals surface area contributed by atoms with Gasteiger partial charge in [0.25, 0.3) is 0 Å². The number of aliphatic hydroxyl groups is 1. The van der Waals surface area contributed by atoms with Crippen molar-refractivity contribution in [3.63, 3.8) is 0 Å². The van der Waals surface area contributed by atoms with Crippen LogP contribution in [-0.2, 0) is 4.79 Å². The zero-order chi connectivity index (χ0) is 15.8. The van der Waals surface area contributed by atoms with Gasteiger partial charge in [-0.15, -0.1) is 0 Å². The molecule has 0 bridgehead atoms. The lowest BCUT2D eigenvalue weighted by Gasteiger charge is -2.31. The number of nitrogens with one attached hydrogen (secondary N) is 1. The van der Waals surface area contributed by atoms with Gasteiger partial charge in [0.2, 0.25) is 5.91 Å². The van der Waals surface area contributed by atoms with Crippen LogP contribution in [0, 0.1) is 11.8 Å². The Morgan fingerprint density at radius 2 is 2.05 bits per heavy atom. The summed E-state index contributed by atoms with van der Waals surface area (Å²) in [6.07, 6.45) is 4.96. The largest absolute Gasteiger partial charge is 0.494 e. The Balaban J connectivity index is 1.72. The van der Waals surface area contributed by atoms with Crippen LogP contribution < -0.4 is 10.1 Å². The van der Waals surface area contributed by atoms with Gasteiger partial charge in [-0.05, 0) is 31.4 Å². The van der Waals surface area contributed by atoms with E-state index >= 15 is 0 Å². The second kappa shape index (κ2) is 8.79. The highest BCUT2D eigenvalue weighted by Gasteiger charge is 2.27. The summed E-state index contributed by atoms with van der Waals surface area (Å²) in [7, 11) is 0. The van der Waals surface area contributed by atoms with Crippen LogP contribution in [0.25, 0.3) is 0 Å². The minimum absolute atomic E-state index is 0.0713. The van der Waals surface area contributed by atoms with Crippen molar-refractivity contribution in [2.75, 3.05) is 13.2 Å². The molecular weight excluding hydrogens is 278 g/mol. The van der Waals surface area contributed by atoms with E-state index in [-0.39, 0.29) is 30.4 Å². The van der Waals surface area contributed by atoms with Crippen LogP contribution in [0.2, 0.25) is 0 Å². The second-order valence-corrected chi connectivity index (χ2v) is 6.19. The molecule has 2 N–H and O–H groups in total. The van der Waals surface area contributed by atoms with Crippen LogP contribution in [0.15, 0.2) is 30.3 Å². The molecule has 1 aromatic carbocycles. The van der Waals surface area contributed by atoms with E-state index < -0.39 is 0 Å². The van der Waals surface area contributed by atoms with Gasteiger partial charge in [0.1, 0.15) is 5.75 Å². The van der Waals surface area contributed by atoms with Gasteiger partial charge in [-0.2, -0.15) is 0 Å². The van der Waals surface area contributed by atoms with Gasteiger partial charge in [-0.3, -0.25) is 4.79 Å². The fraction of sp³-hybridized carbons (Fsp3) is 0.611. The van der Waals surface area contributed by atoms with E-state index in [9.17, 15) is 9.90 Å². The maximum Gasteiger partial charge on any atom is 0.223 e. The Labute approximate surface area is 132 Å². The molecule has 22 heavy (non-hydrogen) atoms. The Bertz CT molecular complexity index is 449. The van der Waals surface area contributed by atoms with Crippen molar-refractivity contribution in [1.29, 1.82) is 0 Å². The topological polar surface area (TPSA) is 58.6 Å². The molecule has 1 amide bonds. The van der Waals surface area contributed by atoms with Crippen molar-refractivity contribution in [2.45, 2.75) is 45.1 Å². The summed E-state index contributed by atoms with van der Waals surface area (Å²) in [5.74, 6) is 1.04. The molecule has 0 heterocycles. The van der Waals surface area contributed by atoms with Gasteiger partial charge in [-0.25, -0.2) is 0 Å². The fourth-order valence-corrected chi connectivity index (χ4v) is 2.94. The Kier molecular flexibility index (Phi) is 6.72. The lowest BCUT2D eigenvalue weighted by Crippen LogP contribution is -2.45. The summed E-state index contributed by atoms with van der Waals surface area (Å²) in [5.41, 5.74) is 0. The van der Waals surface area contributed by atoms with Crippen molar-refractivity contribution in [3.05, 3.63) is 30.3 Å². The third-order valence-corrected chi connectivity index (χ3v) is 4.48. The molecule has 1 saturated carbocycles. The molecule has 1 aliphatic carbocycles. The zero-order valence-corrected chi connectivity index (χ0v) is 13.3. The van der Waals surface area contributed by atoms with Crippen LogP contribution in [0.4, 0.5) is 0 Å². The number of para-hydroxylation sites is 1. The summed E-state index contributed by atoms with van der Waals surface area (Å²) < 4.78 is 5.64. The molecule has 2 rings (SSSR count). The average Bonchev–Trinajstić information content (AvgIpc) is 2.56. The van der Waals surface area contributed by atoms with Crippen LogP contribution >= 0.6 is 0 Å². The summed E-state index contributed by atoms with van der Waals surface area (Å²) in [5, 5.41) is 12.5. The van der Waals surface area contributed by atoms with Crippen LogP contribution in [0.5, 0.6) is 5.75 Å². The lowest BCUT2D eigenvalue weighted by molar-refractivity contribution is -0.126. The molecule has 122 valence electrons. The zero-order valence-electron chi connectivity index (χ0n) is 13.3. The van der Waals surface area contributed by atoms with Gasteiger partial charge in [0, 0.05) is 24.5 Å². The third kappa shape index (κ3) is 5.02. The monoisotopic (exact) mass is 305 g/mol. The fourth-order valence-electron chi connectivity index (χ4n) is 2.94. The molecule has 1 aromatic rings. The molecular formula is C18H27NO3. The van der Waals surface area contributed by atoms with Crippen molar-refractivity contribution < 1.29 is 14.6 Å². The average molecular weight is 305 g/mol. The molecule has 4 heteroatoms. The summed E-state index contributed by atoms with van der Waals surface area (Å²) in [6.45, 7) is 2.63. The van der Waals surface area contributed by atoms with E-state index in [4.69, 9.17) is 4.74 Å². The van der Waals surface area contributed by atoms with Crippen molar-refractivity contribution in [3.8, 4) is 5.75 Å². The highest BCUT2D eigenvalue weighted by atomic mass is 16.5. The molecule has 0 saturated heterocycles. The molecule has 0 spiro atoms. The highest BCUT2D eigenvalue weighted by Crippen LogP contribution is 2.24. The summed E-state index contributed by atoms with van der Waals surface area (Å²) in [6, 6.07) is 9.78. The van der Waals surface area contributed by atoms with Crippen LogP contribution in [0.3, 0.4) is 0 Å². The first kappa shape index (κ1) is 16.8. The first-order valence-corrected chi connectivity index (χ1v) is 8.29. The predicted molar refractivity (Wildman–Crippen MR) is 86.7 cm³/mol. The minimum Gasteiger partial charge on any atom is -0.494 e. The maximum atomic E-state index is 12.3. The third-order valence-electron chi connectivity index (χ3n) is 4.48. The Hall–Kier alpha value is -1.55. The van der Waals surface area contributed by atoms with E-state index in [1.54, 1.807) is 0 Å². The van der Waals surface area contributed by atoms with E-state index in [1.165, 1.54) is 0 Å². The van der Waals surface area contributed by atoms with Crippen molar-refractivity contribution in [1.82, 2.24) is 5.32 Å². The van der Waals surface area contributed by atoms with Gasteiger partial charge in [-0.1, -0.05) is 38.0 Å². The number of benzene rings is 1. The standard InChI is InChI=1S/C18H27NO3/c1-14(11-12-22-16-8-3-2-4-9-16)18(21)19-17-10-6-5-7-15(17)13-20/h2-4,8-9,14-15,17,20H,5-7,10-13H2,1H3,(H,19,21). The predicted octanol–water partition coefficient (Wildman–Crippen LogP) is 2.76. The lowest BCUT2D eigenvalue weighted by atomic mass is 9.84. The van der Waals surface area contributed by atoms with E-state index in [0.717, 1.165) is 31.4 Å². The highest BCUT2D eigenvalue weighted by molar-refractivity contribution is 5.78. The number of hydrogen-bond acceptors (Lipinski definition) is 3. The quantitative estimate of drug-likeness (QED) is 0.814. The molecule has 0 radical (unpaired) electrons. The molecule has 0 aliphatic heterocycles. The van der Waals surface area contributed by atoms with Crippen LogP contribution in [-0.4, -0.2) is 30.3 Å². The number of carbonyl (C=O) groups is 1. The summed E-state index contributed by atoms with van der Waals surface area (Å²) in [4.78, 5) is 12.3. The SMILES string of the molecule is CC(CCOc1ccccc1)C(=O)NC1CCCCC1CO. The van der Waals surface area contributed by atoms with Gasteiger partial charge in [0.15, 0.2) is 0 Å². The Morgan fingerprint density at radius 1 is 1.32 bits per heavy atom. The molecule has 1 fully saturated rings.